The number of para-hydroxylation sites is 2. The average Bonchev–Trinajstić information content (AvgIpc) is 3.05. The molecule has 5 heteroatoms. The van der Waals surface area contributed by atoms with Gasteiger partial charge in [-0.1, -0.05) is 35.6 Å². The summed E-state index contributed by atoms with van der Waals surface area (Å²) in [7, 11) is 4.02. The molecule has 0 bridgehead atoms. The molecule has 2 heterocycles. The Morgan fingerprint density at radius 2 is 1.83 bits per heavy atom. The SMILES string of the molecule is CN(C)c1ccc(C=c2sc3nc4ccccc4n3c2=O)cc1. The first-order valence-electron chi connectivity index (χ1n) is 7.32. The van der Waals surface area contributed by atoms with Gasteiger partial charge >= 0.3 is 0 Å². The third kappa shape index (κ3) is 2.29. The van der Waals surface area contributed by atoms with E-state index in [0.29, 0.717) is 4.53 Å². The number of fused-ring (bicyclic) bond motifs is 3. The monoisotopic (exact) mass is 321 g/mol. The summed E-state index contributed by atoms with van der Waals surface area (Å²) in [5.74, 6) is 0. The fourth-order valence-electron chi connectivity index (χ4n) is 2.63. The van der Waals surface area contributed by atoms with E-state index >= 15 is 0 Å². The molecule has 0 aliphatic carbocycles. The summed E-state index contributed by atoms with van der Waals surface area (Å²) in [6.07, 6.45) is 1.93. The number of benzene rings is 2. The van der Waals surface area contributed by atoms with Gasteiger partial charge in [0.2, 0.25) is 0 Å². The zero-order valence-electron chi connectivity index (χ0n) is 12.9. The minimum atomic E-state index is -0.00427. The van der Waals surface area contributed by atoms with Crippen molar-refractivity contribution < 1.29 is 0 Å². The van der Waals surface area contributed by atoms with Gasteiger partial charge in [0, 0.05) is 19.8 Å². The third-order valence-corrected chi connectivity index (χ3v) is 4.82. The number of aromatic nitrogens is 2. The van der Waals surface area contributed by atoms with E-state index < -0.39 is 0 Å². The quantitative estimate of drug-likeness (QED) is 0.569. The molecule has 4 rings (SSSR count). The zero-order valence-corrected chi connectivity index (χ0v) is 13.7. The van der Waals surface area contributed by atoms with Crippen LogP contribution in [0.25, 0.3) is 22.1 Å². The smallest absolute Gasteiger partial charge is 0.274 e. The molecule has 0 aliphatic rings. The van der Waals surface area contributed by atoms with Crippen LogP contribution in [0.1, 0.15) is 5.56 Å². The Morgan fingerprint density at radius 3 is 2.57 bits per heavy atom. The number of rotatable bonds is 2. The lowest BCUT2D eigenvalue weighted by Crippen LogP contribution is -2.22. The second kappa shape index (κ2) is 5.21. The summed E-state index contributed by atoms with van der Waals surface area (Å²) in [5, 5.41) is 0. The van der Waals surface area contributed by atoms with E-state index in [4.69, 9.17) is 0 Å². The number of hydrogen-bond donors (Lipinski definition) is 0. The van der Waals surface area contributed by atoms with Gasteiger partial charge in [0.05, 0.1) is 15.6 Å². The number of thiazole rings is 1. The number of anilines is 1. The molecular weight excluding hydrogens is 306 g/mol. The minimum Gasteiger partial charge on any atom is -0.378 e. The van der Waals surface area contributed by atoms with Gasteiger partial charge in [0.25, 0.3) is 5.56 Å². The first-order valence-corrected chi connectivity index (χ1v) is 8.14. The fraction of sp³-hybridized carbons (Fsp3) is 0.111. The number of nitrogens with zero attached hydrogens (tertiary/aromatic N) is 3. The highest BCUT2D eigenvalue weighted by atomic mass is 32.1. The van der Waals surface area contributed by atoms with Crippen molar-refractivity contribution in [2.45, 2.75) is 0 Å². The summed E-state index contributed by atoms with van der Waals surface area (Å²) in [4.78, 5) is 20.0. The second-order valence-corrected chi connectivity index (χ2v) is 6.63. The van der Waals surface area contributed by atoms with Gasteiger partial charge in [-0.15, -0.1) is 0 Å². The molecule has 0 saturated carbocycles. The second-order valence-electron chi connectivity index (χ2n) is 5.62. The molecule has 4 nitrogen and oxygen atoms in total. The molecule has 0 spiro atoms. The predicted molar refractivity (Wildman–Crippen MR) is 96.4 cm³/mol. The molecule has 2 aromatic heterocycles. The Bertz CT molecular complexity index is 1110. The Labute approximate surface area is 136 Å². The molecule has 0 unspecified atom stereocenters. The first kappa shape index (κ1) is 14.0. The van der Waals surface area contributed by atoms with Crippen molar-refractivity contribution in [1.29, 1.82) is 0 Å². The fourth-order valence-corrected chi connectivity index (χ4v) is 3.62. The molecule has 114 valence electrons. The van der Waals surface area contributed by atoms with Crippen LogP contribution >= 0.6 is 11.3 Å². The molecule has 0 aliphatic heterocycles. The normalized spacial score (nSPS) is 12.3. The maximum Gasteiger partial charge on any atom is 0.274 e. The third-order valence-electron chi connectivity index (χ3n) is 3.85. The van der Waals surface area contributed by atoms with Crippen LogP contribution < -0.4 is 15.0 Å². The molecule has 0 N–H and O–H groups in total. The highest BCUT2D eigenvalue weighted by molar-refractivity contribution is 7.15. The highest BCUT2D eigenvalue weighted by Crippen LogP contribution is 2.16. The van der Waals surface area contributed by atoms with Crippen LogP contribution in [0, 0.1) is 0 Å². The van der Waals surface area contributed by atoms with E-state index in [1.165, 1.54) is 11.3 Å². The maximum atomic E-state index is 12.7. The lowest BCUT2D eigenvalue weighted by atomic mass is 10.2. The van der Waals surface area contributed by atoms with Gasteiger partial charge in [0.15, 0.2) is 4.96 Å². The molecule has 0 saturated heterocycles. The van der Waals surface area contributed by atoms with E-state index in [1.807, 2.05) is 73.6 Å². The van der Waals surface area contributed by atoms with Crippen molar-refractivity contribution in [1.82, 2.24) is 9.38 Å². The predicted octanol–water partition coefficient (Wildman–Crippen LogP) is 2.52. The summed E-state index contributed by atoms with van der Waals surface area (Å²) >= 11 is 1.43. The number of imidazole rings is 1. The summed E-state index contributed by atoms with van der Waals surface area (Å²) < 4.78 is 2.40. The Morgan fingerprint density at radius 1 is 1.09 bits per heavy atom. The molecule has 0 fully saturated rings. The van der Waals surface area contributed by atoms with E-state index in [9.17, 15) is 4.79 Å². The molecule has 0 atom stereocenters. The van der Waals surface area contributed by atoms with Crippen LogP contribution in [0.4, 0.5) is 5.69 Å². The van der Waals surface area contributed by atoms with Gasteiger partial charge in [-0.05, 0) is 35.9 Å². The molecule has 0 radical (unpaired) electrons. The van der Waals surface area contributed by atoms with Crippen LogP contribution in [0.5, 0.6) is 0 Å². The number of hydrogen-bond acceptors (Lipinski definition) is 4. The van der Waals surface area contributed by atoms with Gasteiger partial charge < -0.3 is 4.90 Å². The zero-order chi connectivity index (χ0) is 16.0. The largest absolute Gasteiger partial charge is 0.378 e. The first-order chi connectivity index (χ1) is 11.1. The molecular formula is C18H15N3OS. The summed E-state index contributed by atoms with van der Waals surface area (Å²) in [6.45, 7) is 0. The topological polar surface area (TPSA) is 37.6 Å². The Kier molecular flexibility index (Phi) is 3.16. The van der Waals surface area contributed by atoms with Gasteiger partial charge in [-0.25, -0.2) is 9.38 Å². The van der Waals surface area contributed by atoms with Crippen LogP contribution in [0.2, 0.25) is 0 Å². The lowest BCUT2D eigenvalue weighted by Gasteiger charge is -2.11. The van der Waals surface area contributed by atoms with Crippen molar-refractivity contribution in [3.05, 3.63) is 69.0 Å². The Hall–Kier alpha value is -2.66. The van der Waals surface area contributed by atoms with Gasteiger partial charge in [-0.3, -0.25) is 4.79 Å². The molecule has 2 aromatic carbocycles. The van der Waals surface area contributed by atoms with Crippen LogP contribution in [0.15, 0.2) is 53.3 Å². The minimum absolute atomic E-state index is 0.00427. The standard InChI is InChI=1S/C18H15N3OS/c1-20(2)13-9-7-12(8-10-13)11-16-17(22)21-15-6-4-3-5-14(15)19-18(21)23-16/h3-11H,1-2H3. The van der Waals surface area contributed by atoms with E-state index in [2.05, 4.69) is 4.98 Å². The Balaban J connectivity index is 1.88. The van der Waals surface area contributed by atoms with Crippen LogP contribution in [-0.4, -0.2) is 23.5 Å². The summed E-state index contributed by atoms with van der Waals surface area (Å²) in [6, 6.07) is 15.9. The highest BCUT2D eigenvalue weighted by Gasteiger charge is 2.10. The van der Waals surface area contributed by atoms with Crippen LogP contribution in [-0.2, 0) is 0 Å². The lowest BCUT2D eigenvalue weighted by molar-refractivity contribution is 1.13. The van der Waals surface area contributed by atoms with Gasteiger partial charge in [0.1, 0.15) is 0 Å². The average molecular weight is 321 g/mol. The van der Waals surface area contributed by atoms with E-state index in [-0.39, 0.29) is 5.56 Å². The summed E-state index contributed by atoms with van der Waals surface area (Å²) in [5.41, 5.74) is 3.87. The molecule has 4 aromatic rings. The van der Waals surface area contributed by atoms with Crippen molar-refractivity contribution in [3.63, 3.8) is 0 Å². The van der Waals surface area contributed by atoms with E-state index in [0.717, 1.165) is 27.2 Å². The van der Waals surface area contributed by atoms with Gasteiger partial charge in [-0.2, -0.15) is 0 Å². The maximum absolute atomic E-state index is 12.7. The van der Waals surface area contributed by atoms with Crippen molar-refractivity contribution in [3.8, 4) is 0 Å². The van der Waals surface area contributed by atoms with Crippen LogP contribution in [0.3, 0.4) is 0 Å². The van der Waals surface area contributed by atoms with Crippen molar-refractivity contribution in [2.75, 3.05) is 19.0 Å². The molecule has 0 amide bonds. The van der Waals surface area contributed by atoms with E-state index in [1.54, 1.807) is 4.40 Å². The van der Waals surface area contributed by atoms with Crippen molar-refractivity contribution >= 4 is 39.1 Å². The molecule has 23 heavy (non-hydrogen) atoms. The van der Waals surface area contributed by atoms with Crippen molar-refractivity contribution in [2.24, 2.45) is 0 Å².